The van der Waals surface area contributed by atoms with Crippen molar-refractivity contribution in [3.05, 3.63) is 29.3 Å². The van der Waals surface area contributed by atoms with E-state index in [1.165, 1.54) is 11.1 Å². The van der Waals surface area contributed by atoms with Gasteiger partial charge in [-0.15, -0.1) is 0 Å². The van der Waals surface area contributed by atoms with E-state index in [0.29, 0.717) is 6.54 Å². The molecule has 0 aliphatic carbocycles. The third kappa shape index (κ3) is 1.94. The highest BCUT2D eigenvalue weighted by atomic mass is 16.2. The monoisotopic (exact) mass is 205 g/mol. The minimum atomic E-state index is -0.0381. The van der Waals surface area contributed by atoms with Gasteiger partial charge in [0.15, 0.2) is 0 Å². The maximum atomic E-state index is 11.4. The summed E-state index contributed by atoms with van der Waals surface area (Å²) in [5.41, 5.74) is 3.34. The summed E-state index contributed by atoms with van der Waals surface area (Å²) < 4.78 is 0. The van der Waals surface area contributed by atoms with Gasteiger partial charge in [0.05, 0.1) is 0 Å². The molecule has 1 aromatic rings. The van der Waals surface area contributed by atoms with Crippen molar-refractivity contribution in [3.63, 3.8) is 0 Å². The number of benzene rings is 1. The zero-order valence-electron chi connectivity index (χ0n) is 9.00. The van der Waals surface area contributed by atoms with Gasteiger partial charge in [-0.25, -0.2) is 4.79 Å². The minimum Gasteiger partial charge on any atom is -0.323 e. The predicted molar refractivity (Wildman–Crippen MR) is 59.7 cm³/mol. The second-order valence-electron chi connectivity index (χ2n) is 3.81. The lowest BCUT2D eigenvalue weighted by Crippen LogP contribution is -2.35. The van der Waals surface area contributed by atoms with Crippen LogP contribution < -0.4 is 10.6 Å². The van der Waals surface area contributed by atoms with E-state index >= 15 is 0 Å². The van der Waals surface area contributed by atoms with Gasteiger partial charge in [0, 0.05) is 25.8 Å². The standard InChI is InChI=1S/C11H15N3O/c1-12-6-8-3-4-10-9(5-8)7-14(2)11(15)13-10/h3-5,12H,6-7H2,1-2H3,(H,13,15). The van der Waals surface area contributed by atoms with Gasteiger partial charge in [-0.3, -0.25) is 0 Å². The SMILES string of the molecule is CNCc1ccc2c(c1)CN(C)C(=O)N2. The maximum absolute atomic E-state index is 11.4. The number of hydrogen-bond donors (Lipinski definition) is 2. The van der Waals surface area contributed by atoms with Crippen molar-refractivity contribution in [1.29, 1.82) is 0 Å². The van der Waals surface area contributed by atoms with Crippen LogP contribution in [-0.2, 0) is 13.1 Å². The summed E-state index contributed by atoms with van der Waals surface area (Å²) in [4.78, 5) is 13.0. The summed E-state index contributed by atoms with van der Waals surface area (Å²) in [5.74, 6) is 0. The predicted octanol–water partition coefficient (Wildman–Crippen LogP) is 1.38. The minimum absolute atomic E-state index is 0.0381. The normalized spacial score (nSPS) is 14.8. The molecule has 1 aromatic carbocycles. The van der Waals surface area contributed by atoms with E-state index in [-0.39, 0.29) is 6.03 Å². The maximum Gasteiger partial charge on any atom is 0.321 e. The van der Waals surface area contributed by atoms with Gasteiger partial charge >= 0.3 is 6.03 Å². The first-order chi connectivity index (χ1) is 7.20. The van der Waals surface area contributed by atoms with Crippen LogP contribution >= 0.6 is 0 Å². The van der Waals surface area contributed by atoms with Gasteiger partial charge < -0.3 is 15.5 Å². The number of carbonyl (C=O) groups is 1. The summed E-state index contributed by atoms with van der Waals surface area (Å²) in [5, 5.41) is 5.96. The summed E-state index contributed by atoms with van der Waals surface area (Å²) in [6, 6.07) is 6.08. The molecule has 0 unspecified atom stereocenters. The highest BCUT2D eigenvalue weighted by Crippen LogP contribution is 2.23. The second-order valence-corrected chi connectivity index (χ2v) is 3.81. The van der Waals surface area contributed by atoms with Crippen LogP contribution in [0.1, 0.15) is 11.1 Å². The van der Waals surface area contributed by atoms with Crippen LogP contribution in [-0.4, -0.2) is 25.0 Å². The van der Waals surface area contributed by atoms with Gasteiger partial charge in [0.2, 0.25) is 0 Å². The zero-order valence-corrected chi connectivity index (χ0v) is 9.00. The van der Waals surface area contributed by atoms with Gasteiger partial charge in [0.1, 0.15) is 0 Å². The van der Waals surface area contributed by atoms with Crippen LogP contribution in [0.5, 0.6) is 0 Å². The summed E-state index contributed by atoms with van der Waals surface area (Å²) in [6.45, 7) is 1.53. The van der Waals surface area contributed by atoms with Crippen LogP contribution in [0, 0.1) is 0 Å². The largest absolute Gasteiger partial charge is 0.323 e. The van der Waals surface area contributed by atoms with E-state index in [4.69, 9.17) is 0 Å². The molecule has 0 fully saturated rings. The van der Waals surface area contributed by atoms with E-state index in [1.54, 1.807) is 11.9 Å². The number of hydrogen-bond acceptors (Lipinski definition) is 2. The van der Waals surface area contributed by atoms with E-state index in [2.05, 4.69) is 16.7 Å². The van der Waals surface area contributed by atoms with Gasteiger partial charge in [-0.2, -0.15) is 0 Å². The van der Waals surface area contributed by atoms with Gasteiger partial charge in [0.25, 0.3) is 0 Å². The Hall–Kier alpha value is -1.55. The molecule has 15 heavy (non-hydrogen) atoms. The van der Waals surface area contributed by atoms with Crippen molar-refractivity contribution in [2.45, 2.75) is 13.1 Å². The molecule has 2 N–H and O–H groups in total. The Morgan fingerprint density at radius 2 is 2.33 bits per heavy atom. The third-order valence-corrected chi connectivity index (χ3v) is 2.55. The van der Waals surface area contributed by atoms with Gasteiger partial charge in [-0.05, 0) is 24.2 Å². The third-order valence-electron chi connectivity index (χ3n) is 2.55. The number of fused-ring (bicyclic) bond motifs is 1. The zero-order chi connectivity index (χ0) is 10.8. The Morgan fingerprint density at radius 1 is 1.53 bits per heavy atom. The number of carbonyl (C=O) groups excluding carboxylic acids is 1. The molecule has 2 amide bonds. The smallest absolute Gasteiger partial charge is 0.321 e. The Bertz CT molecular complexity index is 389. The first kappa shape index (κ1) is 9.98. The molecule has 0 saturated carbocycles. The molecule has 4 heteroatoms. The van der Waals surface area contributed by atoms with Crippen molar-refractivity contribution in [2.75, 3.05) is 19.4 Å². The Kier molecular flexibility index (Phi) is 2.60. The number of nitrogens with zero attached hydrogens (tertiary/aromatic N) is 1. The number of anilines is 1. The summed E-state index contributed by atoms with van der Waals surface area (Å²) >= 11 is 0. The average Bonchev–Trinajstić information content (AvgIpc) is 2.21. The Labute approximate surface area is 89.3 Å². The summed E-state index contributed by atoms with van der Waals surface area (Å²) in [6.07, 6.45) is 0. The highest BCUT2D eigenvalue weighted by molar-refractivity contribution is 5.92. The van der Waals surface area contributed by atoms with Crippen LogP contribution in [0.2, 0.25) is 0 Å². The van der Waals surface area contributed by atoms with Crippen molar-refractivity contribution >= 4 is 11.7 Å². The van der Waals surface area contributed by atoms with Crippen molar-refractivity contribution in [3.8, 4) is 0 Å². The molecule has 1 heterocycles. The Morgan fingerprint density at radius 3 is 3.07 bits per heavy atom. The molecule has 2 rings (SSSR count). The topological polar surface area (TPSA) is 44.4 Å². The number of rotatable bonds is 2. The van der Waals surface area contributed by atoms with Crippen LogP contribution in [0.3, 0.4) is 0 Å². The average molecular weight is 205 g/mol. The lowest BCUT2D eigenvalue weighted by atomic mass is 10.1. The number of nitrogens with one attached hydrogen (secondary N) is 2. The fraction of sp³-hybridized carbons (Fsp3) is 0.364. The lowest BCUT2D eigenvalue weighted by molar-refractivity contribution is 0.218. The molecule has 1 aliphatic rings. The molecule has 0 spiro atoms. The van der Waals surface area contributed by atoms with E-state index < -0.39 is 0 Å². The molecular weight excluding hydrogens is 190 g/mol. The molecule has 0 atom stereocenters. The molecule has 0 bridgehead atoms. The van der Waals surface area contributed by atoms with Gasteiger partial charge in [-0.1, -0.05) is 12.1 Å². The first-order valence-corrected chi connectivity index (χ1v) is 4.99. The van der Waals surface area contributed by atoms with Crippen molar-refractivity contribution in [2.24, 2.45) is 0 Å². The quantitative estimate of drug-likeness (QED) is 0.766. The highest BCUT2D eigenvalue weighted by Gasteiger charge is 2.18. The Balaban J connectivity index is 2.29. The molecule has 0 radical (unpaired) electrons. The summed E-state index contributed by atoms with van der Waals surface area (Å²) in [7, 11) is 3.72. The molecule has 1 aliphatic heterocycles. The van der Waals surface area contributed by atoms with E-state index in [9.17, 15) is 4.79 Å². The second kappa shape index (κ2) is 3.90. The molecular formula is C11H15N3O. The van der Waals surface area contributed by atoms with E-state index in [0.717, 1.165) is 12.2 Å². The molecule has 4 nitrogen and oxygen atoms in total. The molecule has 0 saturated heterocycles. The van der Waals surface area contributed by atoms with Crippen molar-refractivity contribution < 1.29 is 4.79 Å². The number of amides is 2. The molecule has 0 aromatic heterocycles. The van der Waals surface area contributed by atoms with E-state index in [1.807, 2.05) is 19.2 Å². The van der Waals surface area contributed by atoms with Crippen molar-refractivity contribution in [1.82, 2.24) is 10.2 Å². The molecule has 80 valence electrons. The number of urea groups is 1. The van der Waals surface area contributed by atoms with Crippen LogP contribution in [0.15, 0.2) is 18.2 Å². The fourth-order valence-corrected chi connectivity index (χ4v) is 1.75. The fourth-order valence-electron chi connectivity index (χ4n) is 1.75. The lowest BCUT2D eigenvalue weighted by Gasteiger charge is -2.26. The van der Waals surface area contributed by atoms with Crippen LogP contribution in [0.25, 0.3) is 0 Å². The first-order valence-electron chi connectivity index (χ1n) is 4.99. The van der Waals surface area contributed by atoms with Crippen LogP contribution in [0.4, 0.5) is 10.5 Å².